The van der Waals surface area contributed by atoms with Crippen LogP contribution in [-0.4, -0.2) is 28.6 Å². The number of thioether (sulfide) groups is 1. The van der Waals surface area contributed by atoms with Gasteiger partial charge in [0.2, 0.25) is 0 Å². The van der Waals surface area contributed by atoms with Gasteiger partial charge in [0, 0.05) is 24.3 Å². The summed E-state index contributed by atoms with van der Waals surface area (Å²) < 4.78 is 0. The average molecular weight is 194 g/mol. The van der Waals surface area contributed by atoms with Crippen LogP contribution in [0.2, 0.25) is 0 Å². The third-order valence-corrected chi connectivity index (χ3v) is 3.55. The van der Waals surface area contributed by atoms with Crippen LogP contribution in [0.3, 0.4) is 0 Å². The van der Waals surface area contributed by atoms with Crippen LogP contribution in [0.15, 0.2) is 24.5 Å². The molecule has 0 bridgehead atoms. The molecule has 0 radical (unpaired) electrons. The summed E-state index contributed by atoms with van der Waals surface area (Å²) in [6, 6.07) is 4.77. The molecule has 0 spiro atoms. The maximum atomic E-state index is 4.16. The van der Waals surface area contributed by atoms with Crippen LogP contribution in [0.1, 0.15) is 18.0 Å². The zero-order valence-corrected chi connectivity index (χ0v) is 8.63. The highest BCUT2D eigenvalue weighted by molar-refractivity contribution is 7.99. The molecule has 1 saturated heterocycles. The Kier molecular flexibility index (Phi) is 2.86. The first-order chi connectivity index (χ1) is 6.38. The Bertz CT molecular complexity index is 263. The second kappa shape index (κ2) is 4.11. The summed E-state index contributed by atoms with van der Waals surface area (Å²) in [6.45, 7) is 0. The number of hydrogen-bond donors (Lipinski definition) is 0. The number of pyridine rings is 1. The van der Waals surface area contributed by atoms with Crippen molar-refractivity contribution in [1.82, 2.24) is 9.88 Å². The van der Waals surface area contributed by atoms with Gasteiger partial charge >= 0.3 is 0 Å². The summed E-state index contributed by atoms with van der Waals surface area (Å²) in [4.78, 5) is 6.55. The van der Waals surface area contributed by atoms with Crippen molar-refractivity contribution in [3.05, 3.63) is 30.1 Å². The minimum absolute atomic E-state index is 0.579. The third-order valence-electron chi connectivity index (χ3n) is 2.43. The lowest BCUT2D eigenvalue weighted by molar-refractivity contribution is 0.272. The number of rotatable bonds is 1. The summed E-state index contributed by atoms with van der Waals surface area (Å²) in [5, 5.41) is 0. The smallest absolute Gasteiger partial charge is 0.0447 e. The monoisotopic (exact) mass is 194 g/mol. The van der Waals surface area contributed by atoms with Crippen LogP contribution in [0, 0.1) is 0 Å². The van der Waals surface area contributed by atoms with E-state index >= 15 is 0 Å². The van der Waals surface area contributed by atoms with Crippen molar-refractivity contribution >= 4 is 11.8 Å². The van der Waals surface area contributed by atoms with E-state index in [4.69, 9.17) is 0 Å². The molecular weight excluding hydrogens is 180 g/mol. The molecule has 1 atom stereocenters. The van der Waals surface area contributed by atoms with E-state index in [2.05, 4.69) is 23.0 Å². The van der Waals surface area contributed by atoms with Gasteiger partial charge in [-0.05, 0) is 30.9 Å². The highest BCUT2D eigenvalue weighted by atomic mass is 32.2. The number of nitrogens with zero attached hydrogens (tertiary/aromatic N) is 2. The van der Waals surface area contributed by atoms with Crippen molar-refractivity contribution in [2.24, 2.45) is 0 Å². The highest BCUT2D eigenvalue weighted by Crippen LogP contribution is 2.29. The van der Waals surface area contributed by atoms with Crippen LogP contribution in [-0.2, 0) is 0 Å². The van der Waals surface area contributed by atoms with Gasteiger partial charge in [0.25, 0.3) is 0 Å². The van der Waals surface area contributed by atoms with E-state index in [1.165, 1.54) is 17.7 Å². The van der Waals surface area contributed by atoms with Crippen molar-refractivity contribution in [3.8, 4) is 0 Å². The van der Waals surface area contributed by atoms with E-state index in [1.807, 2.05) is 30.2 Å². The fourth-order valence-electron chi connectivity index (χ4n) is 1.71. The largest absolute Gasteiger partial charge is 0.290 e. The van der Waals surface area contributed by atoms with Crippen molar-refractivity contribution < 1.29 is 0 Å². The highest BCUT2D eigenvalue weighted by Gasteiger charge is 2.20. The summed E-state index contributed by atoms with van der Waals surface area (Å²) >= 11 is 2.01. The molecule has 0 aromatic carbocycles. The lowest BCUT2D eigenvalue weighted by atomic mass is 10.1. The van der Waals surface area contributed by atoms with E-state index in [1.54, 1.807) is 0 Å². The van der Waals surface area contributed by atoms with Gasteiger partial charge < -0.3 is 0 Å². The van der Waals surface area contributed by atoms with Gasteiger partial charge in [0.1, 0.15) is 0 Å². The maximum absolute atomic E-state index is 4.16. The Morgan fingerprint density at radius 2 is 2.54 bits per heavy atom. The van der Waals surface area contributed by atoms with Gasteiger partial charge in [-0.2, -0.15) is 0 Å². The molecule has 2 nitrogen and oxygen atoms in total. The van der Waals surface area contributed by atoms with Crippen LogP contribution >= 0.6 is 11.8 Å². The molecule has 1 fully saturated rings. The van der Waals surface area contributed by atoms with Crippen LogP contribution < -0.4 is 0 Å². The first-order valence-corrected chi connectivity index (χ1v) is 5.71. The fourth-order valence-corrected chi connectivity index (χ4v) is 2.70. The van der Waals surface area contributed by atoms with Crippen molar-refractivity contribution in [3.63, 3.8) is 0 Å². The van der Waals surface area contributed by atoms with Gasteiger partial charge in [-0.25, -0.2) is 0 Å². The Balaban J connectivity index is 2.15. The molecular formula is C10H14N2S. The lowest BCUT2D eigenvalue weighted by Crippen LogP contribution is -2.28. The molecule has 1 aliphatic rings. The van der Waals surface area contributed by atoms with Gasteiger partial charge in [0.05, 0.1) is 0 Å². The normalized spacial score (nSPS) is 24.5. The summed E-state index contributed by atoms with van der Waals surface area (Å²) in [7, 11) is 2.18. The topological polar surface area (TPSA) is 16.1 Å². The maximum Gasteiger partial charge on any atom is 0.0447 e. The molecule has 13 heavy (non-hydrogen) atoms. The van der Waals surface area contributed by atoms with Crippen molar-refractivity contribution in [2.75, 3.05) is 18.7 Å². The summed E-state index contributed by atoms with van der Waals surface area (Å²) in [6.07, 6.45) is 5.06. The lowest BCUT2D eigenvalue weighted by Gasteiger charge is -2.31. The molecule has 1 aromatic rings. The minimum atomic E-state index is 0.579. The van der Waals surface area contributed by atoms with E-state index in [-0.39, 0.29) is 0 Å². The zero-order valence-electron chi connectivity index (χ0n) is 7.81. The van der Waals surface area contributed by atoms with Crippen LogP contribution in [0.4, 0.5) is 0 Å². The fraction of sp³-hybridized carbons (Fsp3) is 0.500. The van der Waals surface area contributed by atoms with E-state index in [0.717, 1.165) is 5.88 Å². The second-order valence-corrected chi connectivity index (χ2v) is 4.46. The number of aromatic nitrogens is 1. The Morgan fingerprint density at radius 3 is 3.23 bits per heavy atom. The van der Waals surface area contributed by atoms with Gasteiger partial charge in [0.15, 0.2) is 0 Å². The molecule has 0 saturated carbocycles. The summed E-state index contributed by atoms with van der Waals surface area (Å²) in [5.41, 5.74) is 1.35. The predicted molar refractivity (Wildman–Crippen MR) is 56.7 cm³/mol. The Labute approximate surface area is 83.4 Å². The number of hydrogen-bond acceptors (Lipinski definition) is 3. The predicted octanol–water partition coefficient (Wildman–Crippen LogP) is 2.15. The molecule has 0 amide bonds. The average Bonchev–Trinajstić information content (AvgIpc) is 2.20. The third kappa shape index (κ3) is 2.03. The molecule has 70 valence electrons. The standard InChI is InChI=1S/C10H14N2S/c1-12-8-13-6-4-10(12)9-3-2-5-11-7-9/h2-3,5,7,10H,4,6,8H2,1H3/t10-/m0/s1. The zero-order chi connectivity index (χ0) is 9.10. The quantitative estimate of drug-likeness (QED) is 0.681. The molecule has 1 aromatic heterocycles. The summed E-state index contributed by atoms with van der Waals surface area (Å²) in [5.74, 6) is 2.41. The van der Waals surface area contributed by atoms with Crippen LogP contribution in [0.25, 0.3) is 0 Å². The molecule has 0 aliphatic carbocycles. The molecule has 1 aliphatic heterocycles. The first kappa shape index (κ1) is 9.03. The Morgan fingerprint density at radius 1 is 1.62 bits per heavy atom. The Hall–Kier alpha value is -0.540. The molecule has 0 N–H and O–H groups in total. The van der Waals surface area contributed by atoms with Crippen LogP contribution in [0.5, 0.6) is 0 Å². The van der Waals surface area contributed by atoms with Gasteiger partial charge in [-0.3, -0.25) is 9.88 Å². The molecule has 0 unspecified atom stereocenters. The van der Waals surface area contributed by atoms with Gasteiger partial charge in [-0.15, -0.1) is 11.8 Å². The minimum Gasteiger partial charge on any atom is -0.290 e. The SMILES string of the molecule is CN1CSCC[C@H]1c1cccnc1. The molecule has 2 rings (SSSR count). The first-order valence-electron chi connectivity index (χ1n) is 4.56. The van der Waals surface area contributed by atoms with E-state index in [0.29, 0.717) is 6.04 Å². The molecule has 3 heteroatoms. The van der Waals surface area contributed by atoms with Crippen molar-refractivity contribution in [1.29, 1.82) is 0 Å². The van der Waals surface area contributed by atoms with E-state index < -0.39 is 0 Å². The second-order valence-electron chi connectivity index (χ2n) is 3.39. The van der Waals surface area contributed by atoms with Gasteiger partial charge in [-0.1, -0.05) is 6.07 Å². The van der Waals surface area contributed by atoms with E-state index in [9.17, 15) is 0 Å². The molecule has 2 heterocycles. The van der Waals surface area contributed by atoms with Crippen molar-refractivity contribution in [2.45, 2.75) is 12.5 Å².